The van der Waals surface area contributed by atoms with Crippen molar-refractivity contribution >= 4 is 34.3 Å². The van der Waals surface area contributed by atoms with Gasteiger partial charge in [0.2, 0.25) is 5.91 Å². The van der Waals surface area contributed by atoms with Gasteiger partial charge in [0.15, 0.2) is 0 Å². The Morgan fingerprint density at radius 3 is 2.66 bits per heavy atom. The fourth-order valence-electron chi connectivity index (χ4n) is 3.43. The number of nitrogens with zero attached hydrogens (tertiary/aromatic N) is 3. The number of aromatic nitrogens is 1. The zero-order chi connectivity index (χ0) is 19.9. The summed E-state index contributed by atoms with van der Waals surface area (Å²) in [6, 6.07) is 20.5. The molecule has 1 aromatic heterocycles. The van der Waals surface area contributed by atoms with Gasteiger partial charge < -0.3 is 0 Å². The molecule has 1 aliphatic heterocycles. The number of piperidine rings is 1. The quantitative estimate of drug-likeness (QED) is 0.496. The molecule has 0 aliphatic carbocycles. The summed E-state index contributed by atoms with van der Waals surface area (Å²) in [5, 5.41) is 5.44. The molecule has 148 valence electrons. The van der Waals surface area contributed by atoms with Gasteiger partial charge in [-0.15, -0.1) is 11.8 Å². The molecule has 2 aromatic carbocycles. The Morgan fingerprint density at radius 2 is 1.83 bits per heavy atom. The molecule has 0 bridgehead atoms. The van der Waals surface area contributed by atoms with Crippen molar-refractivity contribution in [2.24, 2.45) is 5.10 Å². The molecule has 0 radical (unpaired) electrons. The zero-order valence-corrected chi connectivity index (χ0v) is 17.1. The van der Waals surface area contributed by atoms with E-state index in [9.17, 15) is 4.79 Å². The highest BCUT2D eigenvalue weighted by molar-refractivity contribution is 8.00. The first-order chi connectivity index (χ1) is 14.3. The Labute approximate surface area is 175 Å². The predicted molar refractivity (Wildman–Crippen MR) is 119 cm³/mol. The zero-order valence-electron chi connectivity index (χ0n) is 16.3. The van der Waals surface area contributed by atoms with Crippen LogP contribution >= 0.6 is 11.8 Å². The first-order valence-corrected chi connectivity index (χ1v) is 10.8. The van der Waals surface area contributed by atoms with Crippen LogP contribution in [-0.4, -0.2) is 40.3 Å². The van der Waals surface area contributed by atoms with Crippen molar-refractivity contribution in [3.05, 3.63) is 72.4 Å². The van der Waals surface area contributed by atoms with Crippen LogP contribution < -0.4 is 5.43 Å². The number of amides is 1. The molecule has 5 nitrogen and oxygen atoms in total. The maximum atomic E-state index is 12.2. The minimum atomic E-state index is -0.0813. The number of fused-ring (bicyclic) bond motifs is 1. The summed E-state index contributed by atoms with van der Waals surface area (Å²) in [6.07, 6.45) is 3.57. The SMILES string of the molecule is O=C(CSc1cccc2cccnc12)NN=C1CCN(Cc2ccccc2)CC1. The summed E-state index contributed by atoms with van der Waals surface area (Å²) >= 11 is 1.49. The molecular weight excluding hydrogens is 380 g/mol. The Morgan fingerprint density at radius 1 is 1.03 bits per heavy atom. The van der Waals surface area contributed by atoms with E-state index in [0.29, 0.717) is 5.75 Å². The second kappa shape index (κ2) is 9.67. The predicted octanol–water partition coefficient (Wildman–Crippen LogP) is 4.10. The van der Waals surface area contributed by atoms with Crippen LogP contribution in [0.5, 0.6) is 0 Å². The van der Waals surface area contributed by atoms with Crippen molar-refractivity contribution in [3.63, 3.8) is 0 Å². The lowest BCUT2D eigenvalue weighted by molar-refractivity contribution is -0.118. The molecule has 2 heterocycles. The summed E-state index contributed by atoms with van der Waals surface area (Å²) in [5.74, 6) is 0.245. The highest BCUT2D eigenvalue weighted by Gasteiger charge is 2.15. The molecule has 0 atom stereocenters. The average molecular weight is 405 g/mol. The Kier molecular flexibility index (Phi) is 6.54. The lowest BCUT2D eigenvalue weighted by Gasteiger charge is -2.27. The fraction of sp³-hybridized carbons (Fsp3) is 0.261. The van der Waals surface area contributed by atoms with Gasteiger partial charge in [0, 0.05) is 54.7 Å². The summed E-state index contributed by atoms with van der Waals surface area (Å²) < 4.78 is 0. The number of para-hydroxylation sites is 1. The lowest BCUT2D eigenvalue weighted by Crippen LogP contribution is -2.34. The molecule has 0 saturated carbocycles. The van der Waals surface area contributed by atoms with Crippen molar-refractivity contribution < 1.29 is 4.79 Å². The molecule has 0 unspecified atom stereocenters. The minimum Gasteiger partial charge on any atom is -0.298 e. The minimum absolute atomic E-state index is 0.0813. The third-order valence-corrected chi connectivity index (χ3v) is 6.02. The van der Waals surface area contributed by atoms with Crippen LogP contribution in [0.1, 0.15) is 18.4 Å². The van der Waals surface area contributed by atoms with E-state index in [1.54, 1.807) is 6.20 Å². The largest absolute Gasteiger partial charge is 0.298 e. The van der Waals surface area contributed by atoms with Crippen LogP contribution in [-0.2, 0) is 11.3 Å². The third kappa shape index (κ3) is 5.43. The molecule has 3 aromatic rings. The smallest absolute Gasteiger partial charge is 0.250 e. The standard InChI is InChI=1S/C23H24N4OS/c28-22(17-29-21-10-4-8-19-9-5-13-24-23(19)21)26-25-20-11-14-27(15-12-20)16-18-6-2-1-3-7-18/h1-10,13H,11-12,14-17H2,(H,26,28). The van der Waals surface area contributed by atoms with Crippen molar-refractivity contribution in [3.8, 4) is 0 Å². The van der Waals surface area contributed by atoms with Gasteiger partial charge in [0.05, 0.1) is 11.3 Å². The van der Waals surface area contributed by atoms with E-state index < -0.39 is 0 Å². The van der Waals surface area contributed by atoms with Crippen LogP contribution in [0.4, 0.5) is 0 Å². The number of carbonyl (C=O) groups excluding carboxylic acids is 1. The maximum absolute atomic E-state index is 12.2. The van der Waals surface area contributed by atoms with E-state index in [-0.39, 0.29) is 5.91 Å². The second-order valence-corrected chi connectivity index (χ2v) is 8.11. The van der Waals surface area contributed by atoms with E-state index in [0.717, 1.165) is 54.0 Å². The molecule has 1 saturated heterocycles. The Balaban J connectivity index is 1.24. The van der Waals surface area contributed by atoms with Gasteiger partial charge in [0.25, 0.3) is 0 Å². The Hall–Kier alpha value is -2.70. The van der Waals surface area contributed by atoms with Gasteiger partial charge in [-0.25, -0.2) is 5.43 Å². The van der Waals surface area contributed by atoms with Crippen molar-refractivity contribution in [1.82, 2.24) is 15.3 Å². The molecule has 6 heteroatoms. The van der Waals surface area contributed by atoms with E-state index in [1.807, 2.05) is 36.4 Å². The average Bonchev–Trinajstić information content (AvgIpc) is 2.78. The van der Waals surface area contributed by atoms with Crippen LogP contribution in [0.15, 0.2) is 76.9 Å². The molecular formula is C23H24N4OS. The van der Waals surface area contributed by atoms with Gasteiger partial charge in [-0.3, -0.25) is 14.7 Å². The molecule has 4 rings (SSSR count). The number of rotatable bonds is 6. The second-order valence-electron chi connectivity index (χ2n) is 7.09. The van der Waals surface area contributed by atoms with Gasteiger partial charge in [0.1, 0.15) is 0 Å². The van der Waals surface area contributed by atoms with Crippen LogP contribution in [0.2, 0.25) is 0 Å². The maximum Gasteiger partial charge on any atom is 0.250 e. The molecule has 1 N–H and O–H groups in total. The number of hydrogen-bond acceptors (Lipinski definition) is 5. The summed E-state index contributed by atoms with van der Waals surface area (Å²) in [5.41, 5.74) is 6.06. The van der Waals surface area contributed by atoms with E-state index in [2.05, 4.69) is 44.7 Å². The normalized spacial score (nSPS) is 14.7. The van der Waals surface area contributed by atoms with Crippen molar-refractivity contribution in [2.45, 2.75) is 24.3 Å². The third-order valence-electron chi connectivity index (χ3n) is 4.98. The first kappa shape index (κ1) is 19.6. The first-order valence-electron chi connectivity index (χ1n) is 9.85. The number of hydrazone groups is 1. The molecule has 1 aliphatic rings. The van der Waals surface area contributed by atoms with E-state index in [4.69, 9.17) is 0 Å². The number of thioether (sulfide) groups is 1. The van der Waals surface area contributed by atoms with E-state index in [1.165, 1.54) is 17.3 Å². The molecule has 0 spiro atoms. The number of likely N-dealkylation sites (tertiary alicyclic amines) is 1. The van der Waals surface area contributed by atoms with Gasteiger partial charge in [-0.05, 0) is 17.7 Å². The summed E-state index contributed by atoms with van der Waals surface area (Å²) in [4.78, 5) is 20.1. The molecule has 1 amide bonds. The summed E-state index contributed by atoms with van der Waals surface area (Å²) in [6.45, 7) is 2.91. The highest BCUT2D eigenvalue weighted by Crippen LogP contribution is 2.25. The van der Waals surface area contributed by atoms with Crippen LogP contribution in [0.3, 0.4) is 0 Å². The number of hydrogen-bond donors (Lipinski definition) is 1. The van der Waals surface area contributed by atoms with Crippen molar-refractivity contribution in [2.75, 3.05) is 18.8 Å². The van der Waals surface area contributed by atoms with Crippen molar-refractivity contribution in [1.29, 1.82) is 0 Å². The highest BCUT2D eigenvalue weighted by atomic mass is 32.2. The fourth-order valence-corrected chi connectivity index (χ4v) is 4.27. The number of carbonyl (C=O) groups is 1. The van der Waals surface area contributed by atoms with Crippen LogP contribution in [0.25, 0.3) is 10.9 Å². The van der Waals surface area contributed by atoms with Gasteiger partial charge >= 0.3 is 0 Å². The summed E-state index contributed by atoms with van der Waals surface area (Å²) in [7, 11) is 0. The van der Waals surface area contributed by atoms with E-state index >= 15 is 0 Å². The van der Waals surface area contributed by atoms with Gasteiger partial charge in [-0.2, -0.15) is 5.10 Å². The molecule has 29 heavy (non-hydrogen) atoms. The van der Waals surface area contributed by atoms with Crippen LogP contribution in [0, 0.1) is 0 Å². The number of benzene rings is 2. The lowest BCUT2D eigenvalue weighted by atomic mass is 10.1. The monoisotopic (exact) mass is 404 g/mol. The number of pyridine rings is 1. The Bertz CT molecular complexity index is 991. The topological polar surface area (TPSA) is 57.6 Å². The molecule has 1 fully saturated rings. The number of nitrogens with one attached hydrogen (secondary N) is 1. The van der Waals surface area contributed by atoms with Gasteiger partial charge in [-0.1, -0.05) is 48.5 Å².